The van der Waals surface area contributed by atoms with Gasteiger partial charge in [0, 0.05) is 18.8 Å². The zero-order valence-electron chi connectivity index (χ0n) is 12.4. The van der Waals surface area contributed by atoms with Gasteiger partial charge in [-0.15, -0.1) is 0 Å². The summed E-state index contributed by atoms with van der Waals surface area (Å²) < 4.78 is 10.2. The third-order valence-electron chi connectivity index (χ3n) is 2.83. The fourth-order valence-electron chi connectivity index (χ4n) is 1.89. The van der Waals surface area contributed by atoms with Crippen molar-refractivity contribution < 1.29 is 19.7 Å². The Kier molecular flexibility index (Phi) is 6.45. The molecule has 0 bridgehead atoms. The minimum absolute atomic E-state index is 0.00636. The van der Waals surface area contributed by atoms with E-state index in [2.05, 4.69) is 5.32 Å². The van der Waals surface area contributed by atoms with Gasteiger partial charge in [0.1, 0.15) is 0 Å². The molecule has 1 aromatic rings. The number of thioether (sulfide) groups is 1. The molecule has 0 saturated heterocycles. The summed E-state index contributed by atoms with van der Waals surface area (Å²) in [5, 5.41) is 23.1. The van der Waals surface area contributed by atoms with Gasteiger partial charge in [-0.2, -0.15) is 11.8 Å². The van der Waals surface area contributed by atoms with E-state index in [1.54, 1.807) is 30.8 Å². The Morgan fingerprint density at radius 2 is 1.80 bits per heavy atom. The van der Waals surface area contributed by atoms with Crippen molar-refractivity contribution in [3.63, 3.8) is 0 Å². The molecular formula is C14H23NO4S. The second-order valence-corrected chi connectivity index (χ2v) is 5.75. The molecule has 5 nitrogen and oxygen atoms in total. The topological polar surface area (TPSA) is 71.0 Å². The molecular weight excluding hydrogens is 278 g/mol. The summed E-state index contributed by atoms with van der Waals surface area (Å²) in [6.07, 6.45) is 1.96. The molecule has 20 heavy (non-hydrogen) atoms. The fourth-order valence-corrected chi connectivity index (χ4v) is 2.61. The Bertz CT molecular complexity index is 412. The Morgan fingerprint density at radius 1 is 1.25 bits per heavy atom. The second kappa shape index (κ2) is 7.61. The summed E-state index contributed by atoms with van der Waals surface area (Å²) >= 11 is 1.61. The molecule has 0 amide bonds. The summed E-state index contributed by atoms with van der Waals surface area (Å²) in [5.41, 5.74) is 0.168. The van der Waals surface area contributed by atoms with E-state index in [4.69, 9.17) is 9.47 Å². The van der Waals surface area contributed by atoms with Crippen molar-refractivity contribution in [2.45, 2.75) is 19.1 Å². The molecule has 3 N–H and O–H groups in total. The van der Waals surface area contributed by atoms with Crippen LogP contribution in [0.4, 0.5) is 0 Å². The van der Waals surface area contributed by atoms with Crippen LogP contribution in [-0.4, -0.2) is 48.6 Å². The molecule has 1 aromatic carbocycles. The first kappa shape index (κ1) is 16.9. The molecule has 1 atom stereocenters. The van der Waals surface area contributed by atoms with Gasteiger partial charge in [-0.3, -0.25) is 0 Å². The van der Waals surface area contributed by atoms with Gasteiger partial charge >= 0.3 is 0 Å². The normalized spacial score (nSPS) is 13.8. The van der Waals surface area contributed by atoms with Crippen LogP contribution in [-0.2, 0) is 6.54 Å². The Labute approximate surface area is 124 Å². The molecule has 0 saturated carbocycles. The van der Waals surface area contributed by atoms with Gasteiger partial charge < -0.3 is 25.0 Å². The predicted octanol–water partition coefficient (Wildman–Crippen LogP) is 1.61. The highest BCUT2D eigenvalue weighted by Crippen LogP contribution is 2.36. The number of rotatable bonds is 8. The molecule has 0 fully saturated rings. The highest BCUT2D eigenvalue weighted by molar-refractivity contribution is 7.98. The molecule has 0 spiro atoms. The van der Waals surface area contributed by atoms with E-state index in [1.165, 1.54) is 14.2 Å². The molecule has 0 aromatic heterocycles. The van der Waals surface area contributed by atoms with E-state index >= 15 is 0 Å². The summed E-state index contributed by atoms with van der Waals surface area (Å²) in [7, 11) is 2.99. The molecule has 0 heterocycles. The standard InChI is InChI=1S/C14H23NO4S/c1-14(17,9-20-4)8-15-7-10-5-11(18-2)13(16)12(6-10)19-3/h5-6,15-17H,7-9H2,1-4H3. The number of hydrogen-bond donors (Lipinski definition) is 3. The minimum atomic E-state index is -0.746. The van der Waals surface area contributed by atoms with Gasteiger partial charge in [0.05, 0.1) is 19.8 Å². The molecule has 0 aliphatic heterocycles. The maximum atomic E-state index is 10.1. The van der Waals surface area contributed by atoms with Crippen LogP contribution >= 0.6 is 11.8 Å². The van der Waals surface area contributed by atoms with Crippen molar-refractivity contribution in [1.29, 1.82) is 0 Å². The van der Waals surface area contributed by atoms with E-state index < -0.39 is 5.60 Å². The first-order chi connectivity index (χ1) is 9.43. The van der Waals surface area contributed by atoms with E-state index in [1.807, 2.05) is 6.26 Å². The van der Waals surface area contributed by atoms with E-state index in [0.717, 1.165) is 5.56 Å². The van der Waals surface area contributed by atoms with Crippen LogP contribution < -0.4 is 14.8 Å². The molecule has 0 aliphatic rings. The largest absolute Gasteiger partial charge is 0.502 e. The number of ether oxygens (including phenoxy) is 2. The summed E-state index contributed by atoms with van der Waals surface area (Å²) in [4.78, 5) is 0. The molecule has 1 unspecified atom stereocenters. The van der Waals surface area contributed by atoms with E-state index in [0.29, 0.717) is 30.3 Å². The van der Waals surface area contributed by atoms with Crippen molar-refractivity contribution in [2.24, 2.45) is 0 Å². The monoisotopic (exact) mass is 301 g/mol. The van der Waals surface area contributed by atoms with Crippen LogP contribution in [0.2, 0.25) is 0 Å². The molecule has 1 rings (SSSR count). The Balaban J connectivity index is 2.69. The summed E-state index contributed by atoms with van der Waals surface area (Å²) in [6.45, 7) is 2.84. The van der Waals surface area contributed by atoms with Crippen molar-refractivity contribution in [3.05, 3.63) is 17.7 Å². The average molecular weight is 301 g/mol. The van der Waals surface area contributed by atoms with Crippen LogP contribution in [0.15, 0.2) is 12.1 Å². The predicted molar refractivity (Wildman–Crippen MR) is 81.9 cm³/mol. The van der Waals surface area contributed by atoms with Gasteiger partial charge in [-0.25, -0.2) is 0 Å². The maximum Gasteiger partial charge on any atom is 0.200 e. The number of nitrogens with one attached hydrogen (secondary N) is 1. The van der Waals surface area contributed by atoms with Gasteiger partial charge in [0.15, 0.2) is 11.5 Å². The van der Waals surface area contributed by atoms with E-state index in [-0.39, 0.29) is 5.75 Å². The number of methoxy groups -OCH3 is 2. The van der Waals surface area contributed by atoms with Crippen LogP contribution in [0, 0.1) is 0 Å². The zero-order chi connectivity index (χ0) is 15.2. The molecule has 6 heteroatoms. The Morgan fingerprint density at radius 3 is 2.25 bits per heavy atom. The van der Waals surface area contributed by atoms with E-state index in [9.17, 15) is 10.2 Å². The van der Waals surface area contributed by atoms with Crippen molar-refractivity contribution in [3.8, 4) is 17.2 Å². The van der Waals surface area contributed by atoms with Gasteiger partial charge in [-0.1, -0.05) is 0 Å². The zero-order valence-corrected chi connectivity index (χ0v) is 13.2. The van der Waals surface area contributed by atoms with Gasteiger partial charge in [0.25, 0.3) is 0 Å². The number of phenolic OH excluding ortho intramolecular Hbond substituents is 1. The third-order valence-corrected chi connectivity index (χ3v) is 3.74. The Hall–Kier alpha value is -1.11. The lowest BCUT2D eigenvalue weighted by Crippen LogP contribution is -2.39. The average Bonchev–Trinajstić information content (AvgIpc) is 2.40. The quantitative estimate of drug-likeness (QED) is 0.678. The van der Waals surface area contributed by atoms with Crippen molar-refractivity contribution >= 4 is 11.8 Å². The van der Waals surface area contributed by atoms with Crippen molar-refractivity contribution in [2.75, 3.05) is 32.8 Å². The lowest BCUT2D eigenvalue weighted by Gasteiger charge is -2.22. The molecule has 0 aliphatic carbocycles. The lowest BCUT2D eigenvalue weighted by molar-refractivity contribution is 0.0846. The van der Waals surface area contributed by atoms with Crippen LogP contribution in [0.1, 0.15) is 12.5 Å². The third kappa shape index (κ3) is 4.77. The SMILES string of the molecule is COc1cc(CNCC(C)(O)CSC)cc(OC)c1O. The summed E-state index contributed by atoms with van der Waals surface area (Å²) in [6, 6.07) is 3.49. The maximum absolute atomic E-state index is 10.1. The first-order valence-electron chi connectivity index (χ1n) is 6.29. The van der Waals surface area contributed by atoms with Gasteiger partial charge in [-0.05, 0) is 30.9 Å². The van der Waals surface area contributed by atoms with Crippen molar-refractivity contribution in [1.82, 2.24) is 5.32 Å². The van der Waals surface area contributed by atoms with Crippen LogP contribution in [0.5, 0.6) is 17.2 Å². The van der Waals surface area contributed by atoms with Crippen LogP contribution in [0.3, 0.4) is 0 Å². The van der Waals surface area contributed by atoms with Crippen LogP contribution in [0.25, 0.3) is 0 Å². The number of hydrogen-bond acceptors (Lipinski definition) is 6. The molecule has 0 radical (unpaired) electrons. The lowest BCUT2D eigenvalue weighted by atomic mass is 10.1. The number of aliphatic hydroxyl groups is 1. The minimum Gasteiger partial charge on any atom is -0.502 e. The number of phenols is 1. The number of aromatic hydroxyl groups is 1. The first-order valence-corrected chi connectivity index (χ1v) is 7.69. The second-order valence-electron chi connectivity index (χ2n) is 4.88. The smallest absolute Gasteiger partial charge is 0.200 e. The number of benzene rings is 1. The fraction of sp³-hybridized carbons (Fsp3) is 0.571. The highest BCUT2D eigenvalue weighted by atomic mass is 32.2. The highest BCUT2D eigenvalue weighted by Gasteiger charge is 2.19. The summed E-state index contributed by atoms with van der Waals surface area (Å²) in [5.74, 6) is 1.41. The molecule has 114 valence electrons. The van der Waals surface area contributed by atoms with Gasteiger partial charge in [0.2, 0.25) is 5.75 Å².